The Morgan fingerprint density at radius 1 is 0.750 bits per heavy atom. The van der Waals surface area contributed by atoms with Crippen LogP contribution in [0.15, 0.2) is 84.9 Å². The van der Waals surface area contributed by atoms with Crippen LogP contribution in [0.3, 0.4) is 0 Å². The van der Waals surface area contributed by atoms with E-state index in [1.54, 1.807) is 54.6 Å². The number of imide groups is 1. The van der Waals surface area contributed by atoms with Crippen molar-refractivity contribution in [1.29, 1.82) is 5.26 Å². The number of aromatic nitrogens is 1. The van der Waals surface area contributed by atoms with Crippen molar-refractivity contribution in [3.63, 3.8) is 0 Å². The van der Waals surface area contributed by atoms with E-state index in [1.807, 2.05) is 30.3 Å². The molecule has 1 aliphatic rings. The molecular weight excluding hydrogens is 422 g/mol. The Labute approximate surface area is 189 Å². The fraction of sp³-hybridized carbons (Fsp3) is 0. The lowest BCUT2D eigenvalue weighted by Gasteiger charge is -2.18. The maximum Gasteiger partial charge on any atom is 0.267 e. The van der Waals surface area contributed by atoms with Gasteiger partial charge in [0.1, 0.15) is 11.6 Å². The Bertz CT molecular complexity index is 1390. The number of hydrogen-bond acceptors (Lipinski definition) is 4. The number of nitriles is 1. The molecule has 4 aromatic rings. The normalized spacial score (nSPS) is 12.6. The number of rotatable bonds is 3. The van der Waals surface area contributed by atoms with Crippen molar-refractivity contribution in [1.82, 2.24) is 4.98 Å². The molecule has 0 N–H and O–H groups in total. The molecule has 0 saturated carbocycles. The third kappa shape index (κ3) is 3.15. The minimum Gasteiger partial charge on any atom is -0.268 e. The van der Waals surface area contributed by atoms with E-state index in [4.69, 9.17) is 11.6 Å². The Hall–Kier alpha value is -4.27. The maximum absolute atomic E-state index is 13.2. The Morgan fingerprint density at radius 2 is 1.34 bits per heavy atom. The summed E-state index contributed by atoms with van der Waals surface area (Å²) in [6.45, 7) is 0. The molecule has 0 bridgehead atoms. The molecule has 32 heavy (non-hydrogen) atoms. The molecule has 0 aliphatic carbocycles. The van der Waals surface area contributed by atoms with Crippen LogP contribution in [0, 0.1) is 11.3 Å². The van der Waals surface area contributed by atoms with E-state index in [-0.39, 0.29) is 11.4 Å². The lowest BCUT2D eigenvalue weighted by Crippen LogP contribution is -2.31. The molecule has 1 aromatic heterocycles. The summed E-state index contributed by atoms with van der Waals surface area (Å²) in [5, 5.41) is 10.6. The Balaban J connectivity index is 1.78. The van der Waals surface area contributed by atoms with Gasteiger partial charge in [-0.15, -0.1) is 0 Å². The van der Waals surface area contributed by atoms with Crippen molar-refractivity contribution in [2.75, 3.05) is 4.90 Å². The predicted octanol–water partition coefficient (Wildman–Crippen LogP) is 5.74. The van der Waals surface area contributed by atoms with E-state index < -0.39 is 11.8 Å². The van der Waals surface area contributed by atoms with Crippen LogP contribution in [-0.2, 0) is 0 Å². The Kier molecular flexibility index (Phi) is 4.78. The maximum atomic E-state index is 13.2. The molecule has 0 saturated heterocycles. The molecule has 2 heterocycles. The topological polar surface area (TPSA) is 74.1 Å². The SMILES string of the molecule is N#Cc1c(-c2ccc(Cl)cc2)cc(-c2ccccc2)nc1N1C(=O)c2ccccc2C1=O. The highest BCUT2D eigenvalue weighted by Gasteiger charge is 2.39. The zero-order valence-corrected chi connectivity index (χ0v) is 17.4. The van der Waals surface area contributed by atoms with Gasteiger partial charge in [0.15, 0.2) is 5.82 Å². The molecule has 0 spiro atoms. The summed E-state index contributed by atoms with van der Waals surface area (Å²) in [7, 11) is 0. The first-order valence-corrected chi connectivity index (χ1v) is 10.2. The molecule has 0 unspecified atom stereocenters. The smallest absolute Gasteiger partial charge is 0.267 e. The van der Waals surface area contributed by atoms with E-state index >= 15 is 0 Å². The highest BCUT2D eigenvalue weighted by molar-refractivity contribution is 6.34. The third-order valence-electron chi connectivity index (χ3n) is 5.34. The number of pyridine rings is 1. The lowest BCUT2D eigenvalue weighted by atomic mass is 9.98. The van der Waals surface area contributed by atoms with Crippen LogP contribution in [0.2, 0.25) is 5.02 Å². The molecule has 152 valence electrons. The van der Waals surface area contributed by atoms with E-state index in [0.717, 1.165) is 16.0 Å². The second-order valence-electron chi connectivity index (χ2n) is 7.23. The van der Waals surface area contributed by atoms with Crippen molar-refractivity contribution in [2.24, 2.45) is 0 Å². The summed E-state index contributed by atoms with van der Waals surface area (Å²) in [6, 6.07) is 27.0. The van der Waals surface area contributed by atoms with Crippen LogP contribution < -0.4 is 4.90 Å². The number of hydrogen-bond donors (Lipinski definition) is 0. The summed E-state index contributed by atoms with van der Waals surface area (Å²) in [5.41, 5.74) is 3.35. The van der Waals surface area contributed by atoms with Crippen molar-refractivity contribution in [2.45, 2.75) is 0 Å². The summed E-state index contributed by atoms with van der Waals surface area (Å²) >= 11 is 6.05. The number of fused-ring (bicyclic) bond motifs is 1. The molecule has 3 aromatic carbocycles. The average Bonchev–Trinajstić information content (AvgIpc) is 3.09. The monoisotopic (exact) mass is 435 g/mol. The highest BCUT2D eigenvalue weighted by Crippen LogP contribution is 2.37. The number of carbonyl (C=O) groups is 2. The second-order valence-corrected chi connectivity index (χ2v) is 7.67. The molecule has 0 radical (unpaired) electrons. The standard InChI is InChI=1S/C26H14ClN3O2/c27-18-12-10-16(11-13-18)21-14-23(17-6-2-1-3-7-17)29-24(22(21)15-28)30-25(31)19-8-4-5-9-20(19)26(30)32/h1-14H. The molecule has 5 rings (SSSR count). The molecule has 0 fully saturated rings. The van der Waals surface area contributed by atoms with Gasteiger partial charge in [-0.05, 0) is 35.9 Å². The molecule has 5 nitrogen and oxygen atoms in total. The van der Waals surface area contributed by atoms with Gasteiger partial charge in [-0.3, -0.25) is 9.59 Å². The minimum atomic E-state index is -0.498. The fourth-order valence-corrected chi connectivity index (χ4v) is 3.93. The fourth-order valence-electron chi connectivity index (χ4n) is 3.80. The van der Waals surface area contributed by atoms with Gasteiger partial charge in [-0.1, -0.05) is 66.2 Å². The summed E-state index contributed by atoms with van der Waals surface area (Å²) in [6.07, 6.45) is 0. The van der Waals surface area contributed by atoms with Crippen LogP contribution >= 0.6 is 11.6 Å². The summed E-state index contributed by atoms with van der Waals surface area (Å²) in [4.78, 5) is 31.9. The van der Waals surface area contributed by atoms with Crippen LogP contribution in [0.5, 0.6) is 0 Å². The van der Waals surface area contributed by atoms with Crippen molar-refractivity contribution >= 4 is 29.2 Å². The molecular formula is C26H14ClN3O2. The Morgan fingerprint density at radius 3 is 1.94 bits per heavy atom. The second kappa shape index (κ2) is 7.77. The largest absolute Gasteiger partial charge is 0.268 e. The summed E-state index contributed by atoms with van der Waals surface area (Å²) in [5.74, 6) is -0.978. The lowest BCUT2D eigenvalue weighted by molar-refractivity contribution is 0.0925. The van der Waals surface area contributed by atoms with Gasteiger partial charge in [-0.25, -0.2) is 9.88 Å². The minimum absolute atomic E-state index is 0.0185. The van der Waals surface area contributed by atoms with Gasteiger partial charge < -0.3 is 0 Å². The molecule has 6 heteroatoms. The number of carbonyl (C=O) groups excluding carboxylic acids is 2. The van der Waals surface area contributed by atoms with Gasteiger partial charge in [0.05, 0.1) is 16.8 Å². The number of nitrogens with zero attached hydrogens (tertiary/aromatic N) is 3. The van der Waals surface area contributed by atoms with E-state index in [1.165, 1.54) is 0 Å². The highest BCUT2D eigenvalue weighted by atomic mass is 35.5. The molecule has 2 amide bonds. The van der Waals surface area contributed by atoms with Crippen LogP contribution in [-0.4, -0.2) is 16.8 Å². The number of amides is 2. The van der Waals surface area contributed by atoms with E-state index in [0.29, 0.717) is 27.4 Å². The van der Waals surface area contributed by atoms with Crippen LogP contribution in [0.4, 0.5) is 5.82 Å². The first-order valence-electron chi connectivity index (χ1n) is 9.83. The number of halogens is 1. The molecule has 0 atom stereocenters. The zero-order valence-electron chi connectivity index (χ0n) is 16.6. The van der Waals surface area contributed by atoms with Crippen molar-refractivity contribution in [3.8, 4) is 28.5 Å². The van der Waals surface area contributed by atoms with Crippen LogP contribution in [0.1, 0.15) is 26.3 Å². The van der Waals surface area contributed by atoms with Crippen LogP contribution in [0.25, 0.3) is 22.4 Å². The van der Waals surface area contributed by atoms with E-state index in [2.05, 4.69) is 11.1 Å². The van der Waals surface area contributed by atoms with Gasteiger partial charge >= 0.3 is 0 Å². The predicted molar refractivity (Wildman–Crippen MR) is 122 cm³/mol. The summed E-state index contributed by atoms with van der Waals surface area (Å²) < 4.78 is 0. The third-order valence-corrected chi connectivity index (χ3v) is 5.59. The molecule has 1 aliphatic heterocycles. The number of anilines is 1. The van der Waals surface area contributed by atoms with Crippen molar-refractivity contribution < 1.29 is 9.59 Å². The first-order chi connectivity index (χ1) is 15.6. The van der Waals surface area contributed by atoms with Crippen molar-refractivity contribution in [3.05, 3.63) is 107 Å². The average molecular weight is 436 g/mol. The number of benzene rings is 3. The van der Waals surface area contributed by atoms with Gasteiger partial charge in [0.25, 0.3) is 11.8 Å². The van der Waals surface area contributed by atoms with Gasteiger partial charge in [-0.2, -0.15) is 5.26 Å². The zero-order chi connectivity index (χ0) is 22.2. The quantitative estimate of drug-likeness (QED) is 0.384. The first kappa shape index (κ1) is 19.7. The van der Waals surface area contributed by atoms with Gasteiger partial charge in [0.2, 0.25) is 0 Å². The van der Waals surface area contributed by atoms with Gasteiger partial charge in [0, 0.05) is 16.1 Å². The van der Waals surface area contributed by atoms with E-state index in [9.17, 15) is 14.9 Å².